The van der Waals surface area contributed by atoms with Gasteiger partial charge in [0.1, 0.15) is 5.82 Å². The van der Waals surface area contributed by atoms with Crippen molar-refractivity contribution in [3.8, 4) is 0 Å². The third-order valence-electron chi connectivity index (χ3n) is 1.51. The predicted molar refractivity (Wildman–Crippen MR) is 50.4 cm³/mol. The molecule has 0 saturated heterocycles. The molecule has 1 rings (SSSR count). The summed E-state index contributed by atoms with van der Waals surface area (Å²) in [5.41, 5.74) is 0.431. The number of amides is 2. The molecule has 0 fully saturated rings. The summed E-state index contributed by atoms with van der Waals surface area (Å²) in [5.74, 6) is -0.938. The van der Waals surface area contributed by atoms with Crippen LogP contribution in [0.2, 0.25) is 0 Å². The molecule has 2 N–H and O–H groups in total. The summed E-state index contributed by atoms with van der Waals surface area (Å²) >= 11 is 0. The van der Waals surface area contributed by atoms with Gasteiger partial charge in [-0.3, -0.25) is 9.59 Å². The summed E-state index contributed by atoms with van der Waals surface area (Å²) in [6, 6.07) is 3.99. The van der Waals surface area contributed by atoms with Gasteiger partial charge in [-0.1, -0.05) is 0 Å². The summed E-state index contributed by atoms with van der Waals surface area (Å²) in [7, 11) is 0. The first-order valence-electron chi connectivity index (χ1n) is 3.91. The van der Waals surface area contributed by atoms with E-state index >= 15 is 0 Å². The zero-order valence-electron chi connectivity index (χ0n) is 7.50. The first-order valence-corrected chi connectivity index (χ1v) is 3.91. The minimum Gasteiger partial charge on any atom is -0.329 e. The number of benzene rings is 1. The average Bonchev–Trinajstić information content (AvgIpc) is 2.10. The summed E-state index contributed by atoms with van der Waals surface area (Å²) in [6.45, 7) is 1.29. The molecule has 0 aliphatic carbocycles. The Kier molecular flexibility index (Phi) is 3.17. The summed E-state index contributed by atoms with van der Waals surface area (Å²) in [6.07, 6.45) is 0.451. The quantitative estimate of drug-likeness (QED) is 0.717. The number of nitrogens with one attached hydrogen (secondary N) is 2. The van der Waals surface area contributed by atoms with E-state index in [1.165, 1.54) is 19.1 Å². The molecule has 0 heterocycles. The highest BCUT2D eigenvalue weighted by Crippen LogP contribution is 2.18. The van der Waals surface area contributed by atoms with Crippen LogP contribution in [-0.4, -0.2) is 12.3 Å². The topological polar surface area (TPSA) is 58.2 Å². The van der Waals surface area contributed by atoms with Gasteiger partial charge in [0.25, 0.3) is 0 Å². The fourth-order valence-electron chi connectivity index (χ4n) is 0.964. The fraction of sp³-hybridized carbons (Fsp3) is 0.111. The molecule has 0 aromatic heterocycles. The van der Waals surface area contributed by atoms with E-state index in [0.717, 1.165) is 6.07 Å². The monoisotopic (exact) mass is 196 g/mol. The predicted octanol–water partition coefficient (Wildman–Crippen LogP) is 1.35. The van der Waals surface area contributed by atoms with Gasteiger partial charge in [0.05, 0.1) is 5.69 Å². The Hall–Kier alpha value is -1.91. The number of rotatable bonds is 3. The van der Waals surface area contributed by atoms with E-state index in [-0.39, 0.29) is 11.6 Å². The molecular formula is C9H9FN2O2. The fourth-order valence-corrected chi connectivity index (χ4v) is 0.964. The minimum absolute atomic E-state index is 0.0916. The lowest BCUT2D eigenvalue weighted by Gasteiger charge is -2.05. The number of carbonyl (C=O) groups is 2. The van der Waals surface area contributed by atoms with Crippen LogP contribution in [0, 0.1) is 5.82 Å². The first kappa shape index (κ1) is 10.2. The van der Waals surface area contributed by atoms with Gasteiger partial charge in [-0.15, -0.1) is 0 Å². The Morgan fingerprint density at radius 3 is 2.71 bits per heavy atom. The van der Waals surface area contributed by atoms with E-state index < -0.39 is 5.82 Å². The lowest BCUT2D eigenvalue weighted by Crippen LogP contribution is -2.07. The van der Waals surface area contributed by atoms with Crippen LogP contribution in [0.5, 0.6) is 0 Å². The van der Waals surface area contributed by atoms with Crippen LogP contribution in [0.1, 0.15) is 6.92 Å². The third kappa shape index (κ3) is 2.55. The van der Waals surface area contributed by atoms with Crippen molar-refractivity contribution in [3.63, 3.8) is 0 Å². The van der Waals surface area contributed by atoms with E-state index in [1.54, 1.807) is 0 Å². The standard InChI is InChI=1S/C9H9FN2O2/c1-6(14)12-9-3-2-7(11-5-13)4-8(9)10/h2-5H,1H3,(H,11,13)(H,12,14). The number of anilines is 2. The smallest absolute Gasteiger partial charge is 0.221 e. The van der Waals surface area contributed by atoms with Crippen LogP contribution in [0.25, 0.3) is 0 Å². The number of hydrogen-bond donors (Lipinski definition) is 2. The maximum Gasteiger partial charge on any atom is 0.221 e. The highest BCUT2D eigenvalue weighted by molar-refractivity contribution is 5.89. The van der Waals surface area contributed by atoms with Crippen LogP contribution < -0.4 is 10.6 Å². The van der Waals surface area contributed by atoms with Gasteiger partial charge in [-0.25, -0.2) is 4.39 Å². The number of hydrogen-bond acceptors (Lipinski definition) is 2. The molecule has 1 aromatic rings. The molecule has 0 bridgehead atoms. The molecule has 5 heteroatoms. The van der Waals surface area contributed by atoms with E-state index in [4.69, 9.17) is 0 Å². The highest BCUT2D eigenvalue weighted by Gasteiger charge is 2.03. The third-order valence-corrected chi connectivity index (χ3v) is 1.51. The van der Waals surface area contributed by atoms with E-state index in [9.17, 15) is 14.0 Å². The molecule has 0 atom stereocenters. The molecule has 0 aliphatic rings. The molecule has 74 valence electrons. The van der Waals surface area contributed by atoms with Gasteiger partial charge >= 0.3 is 0 Å². The Bertz CT molecular complexity index is 366. The zero-order valence-corrected chi connectivity index (χ0v) is 7.50. The first-order chi connectivity index (χ1) is 6.63. The molecule has 0 spiro atoms. The largest absolute Gasteiger partial charge is 0.329 e. The Morgan fingerprint density at radius 2 is 2.21 bits per heavy atom. The molecule has 0 unspecified atom stereocenters. The molecule has 14 heavy (non-hydrogen) atoms. The lowest BCUT2D eigenvalue weighted by atomic mass is 10.2. The molecule has 1 aromatic carbocycles. The van der Waals surface area contributed by atoms with Crippen molar-refractivity contribution in [1.29, 1.82) is 0 Å². The normalized spacial score (nSPS) is 9.29. The summed E-state index contributed by atoms with van der Waals surface area (Å²) in [4.78, 5) is 20.7. The Morgan fingerprint density at radius 1 is 1.50 bits per heavy atom. The van der Waals surface area contributed by atoms with Crippen LogP contribution in [0.4, 0.5) is 15.8 Å². The van der Waals surface area contributed by atoms with Crippen molar-refractivity contribution in [2.75, 3.05) is 10.6 Å². The van der Waals surface area contributed by atoms with Gasteiger partial charge in [0.15, 0.2) is 0 Å². The van der Waals surface area contributed by atoms with Gasteiger partial charge in [-0.05, 0) is 18.2 Å². The Labute approximate surface area is 80.1 Å². The van der Waals surface area contributed by atoms with Crippen LogP contribution in [0.3, 0.4) is 0 Å². The molecule has 2 amide bonds. The maximum absolute atomic E-state index is 13.2. The molecule has 4 nitrogen and oxygen atoms in total. The second-order valence-electron chi connectivity index (χ2n) is 2.64. The number of halogens is 1. The van der Waals surface area contributed by atoms with Crippen molar-refractivity contribution >= 4 is 23.7 Å². The van der Waals surface area contributed by atoms with Crippen molar-refractivity contribution in [3.05, 3.63) is 24.0 Å². The van der Waals surface area contributed by atoms with E-state index in [0.29, 0.717) is 12.1 Å². The van der Waals surface area contributed by atoms with E-state index in [1.807, 2.05) is 0 Å². The summed E-state index contributed by atoms with van der Waals surface area (Å²) < 4.78 is 13.2. The summed E-state index contributed by atoms with van der Waals surface area (Å²) in [5, 5.41) is 4.61. The van der Waals surface area contributed by atoms with Crippen molar-refractivity contribution < 1.29 is 14.0 Å². The number of carbonyl (C=O) groups excluding carboxylic acids is 2. The van der Waals surface area contributed by atoms with Crippen molar-refractivity contribution in [1.82, 2.24) is 0 Å². The highest BCUT2D eigenvalue weighted by atomic mass is 19.1. The van der Waals surface area contributed by atoms with Crippen molar-refractivity contribution in [2.45, 2.75) is 6.92 Å². The van der Waals surface area contributed by atoms with Crippen LogP contribution >= 0.6 is 0 Å². The average molecular weight is 196 g/mol. The molecule has 0 saturated carbocycles. The van der Waals surface area contributed by atoms with Crippen LogP contribution in [0.15, 0.2) is 18.2 Å². The van der Waals surface area contributed by atoms with Gasteiger partial charge in [-0.2, -0.15) is 0 Å². The Balaban J connectivity index is 2.89. The minimum atomic E-state index is -0.591. The SMILES string of the molecule is CC(=O)Nc1ccc(NC=O)cc1F. The molecular weight excluding hydrogens is 187 g/mol. The molecule has 0 radical (unpaired) electrons. The second kappa shape index (κ2) is 4.36. The second-order valence-corrected chi connectivity index (χ2v) is 2.64. The lowest BCUT2D eigenvalue weighted by molar-refractivity contribution is -0.114. The van der Waals surface area contributed by atoms with Gasteiger partial charge in [0, 0.05) is 12.6 Å². The van der Waals surface area contributed by atoms with Gasteiger partial charge in [0.2, 0.25) is 12.3 Å². The van der Waals surface area contributed by atoms with Gasteiger partial charge < -0.3 is 10.6 Å². The molecule has 0 aliphatic heterocycles. The van der Waals surface area contributed by atoms with Crippen molar-refractivity contribution in [2.24, 2.45) is 0 Å². The van der Waals surface area contributed by atoms with E-state index in [2.05, 4.69) is 10.6 Å². The zero-order chi connectivity index (χ0) is 10.6. The van der Waals surface area contributed by atoms with Crippen LogP contribution in [-0.2, 0) is 9.59 Å². The maximum atomic E-state index is 13.2.